The van der Waals surface area contributed by atoms with Crippen LogP contribution in [0.1, 0.15) is 16.0 Å². The summed E-state index contributed by atoms with van der Waals surface area (Å²) in [5.74, 6) is 0. The van der Waals surface area contributed by atoms with E-state index >= 15 is 0 Å². The first-order chi connectivity index (χ1) is 11.6. The Kier molecular flexibility index (Phi) is 4.99. The van der Waals surface area contributed by atoms with E-state index in [1.807, 2.05) is 65.5 Å². The summed E-state index contributed by atoms with van der Waals surface area (Å²) in [7, 11) is 0. The Bertz CT molecular complexity index is 747. The number of thiophene rings is 2. The van der Waals surface area contributed by atoms with Crippen LogP contribution in [0.3, 0.4) is 0 Å². The van der Waals surface area contributed by atoms with E-state index in [1.54, 1.807) is 0 Å². The minimum Gasteiger partial charge on any atom is -0.378 e. The van der Waals surface area contributed by atoms with Crippen molar-refractivity contribution >= 4 is 34.4 Å². The minimum absolute atomic E-state index is 0.0991. The maximum atomic E-state index is 12.2. The third-order valence-corrected chi connectivity index (χ3v) is 5.45. The number of amides is 2. The highest BCUT2D eigenvalue weighted by molar-refractivity contribution is 7.10. The number of carbonyl (C=O) groups is 1. The van der Waals surface area contributed by atoms with Crippen molar-refractivity contribution < 1.29 is 9.90 Å². The van der Waals surface area contributed by atoms with Gasteiger partial charge in [-0.05, 0) is 47.3 Å². The van der Waals surface area contributed by atoms with Crippen LogP contribution in [-0.2, 0) is 5.60 Å². The van der Waals surface area contributed by atoms with Crippen molar-refractivity contribution in [3.8, 4) is 0 Å². The third-order valence-electron chi connectivity index (χ3n) is 3.74. The molecule has 0 saturated heterocycles. The molecule has 3 rings (SSSR count). The number of anilines is 1. The van der Waals surface area contributed by atoms with Gasteiger partial charge in [-0.25, -0.2) is 4.79 Å². The molecular weight excluding hydrogens is 340 g/mol. The van der Waals surface area contributed by atoms with Crippen molar-refractivity contribution in [3.05, 3.63) is 74.6 Å². The zero-order valence-electron chi connectivity index (χ0n) is 13.2. The monoisotopic (exact) mass is 358 g/mol. The number of carbonyl (C=O) groups excluding carboxylic acids is 1. The highest BCUT2D eigenvalue weighted by Gasteiger charge is 2.33. The molecule has 0 saturated carbocycles. The lowest BCUT2D eigenvalue weighted by molar-refractivity contribution is 0.0871. The zero-order valence-corrected chi connectivity index (χ0v) is 14.8. The summed E-state index contributed by atoms with van der Waals surface area (Å²) in [6.07, 6.45) is 0. The van der Waals surface area contributed by atoms with Crippen molar-refractivity contribution in [1.29, 1.82) is 0 Å². The Balaban J connectivity index is 1.70. The predicted molar refractivity (Wildman–Crippen MR) is 99.8 cm³/mol. The molecule has 0 bridgehead atoms. The van der Waals surface area contributed by atoms with Crippen LogP contribution in [0.2, 0.25) is 0 Å². The van der Waals surface area contributed by atoms with Gasteiger partial charge in [-0.3, -0.25) is 0 Å². The van der Waals surface area contributed by atoms with Crippen molar-refractivity contribution in [2.24, 2.45) is 0 Å². The van der Waals surface area contributed by atoms with Gasteiger partial charge in [0, 0.05) is 16.1 Å². The van der Waals surface area contributed by atoms with Gasteiger partial charge in [0.15, 0.2) is 0 Å². The van der Waals surface area contributed by atoms with E-state index in [2.05, 4.69) is 10.6 Å². The van der Waals surface area contributed by atoms with E-state index in [0.717, 1.165) is 16.0 Å². The highest BCUT2D eigenvalue weighted by Crippen LogP contribution is 2.33. The fraction of sp³-hybridized carbons (Fsp3) is 0.167. The van der Waals surface area contributed by atoms with Gasteiger partial charge in [-0.15, -0.1) is 11.3 Å². The fourth-order valence-corrected chi connectivity index (χ4v) is 3.94. The van der Waals surface area contributed by atoms with Gasteiger partial charge in [0.25, 0.3) is 0 Å². The quantitative estimate of drug-likeness (QED) is 0.641. The van der Waals surface area contributed by atoms with Crippen molar-refractivity contribution in [2.45, 2.75) is 12.5 Å². The lowest BCUT2D eigenvalue weighted by atomic mass is 9.94. The van der Waals surface area contributed by atoms with Crippen LogP contribution in [0.5, 0.6) is 0 Å². The molecule has 0 aliphatic carbocycles. The maximum Gasteiger partial charge on any atom is 0.319 e. The topological polar surface area (TPSA) is 61.4 Å². The number of hydrogen-bond acceptors (Lipinski definition) is 4. The summed E-state index contributed by atoms with van der Waals surface area (Å²) in [6, 6.07) is 12.9. The molecule has 1 atom stereocenters. The van der Waals surface area contributed by atoms with E-state index in [9.17, 15) is 9.90 Å². The largest absolute Gasteiger partial charge is 0.378 e. The molecule has 2 heterocycles. The Morgan fingerprint density at radius 1 is 1.17 bits per heavy atom. The Morgan fingerprint density at radius 2 is 1.96 bits per heavy atom. The van der Waals surface area contributed by atoms with E-state index in [4.69, 9.17) is 0 Å². The number of aliphatic hydroxyl groups is 1. The standard InChI is InChI=1S/C18H18N2O2S2/c1-13-4-6-15(7-5-13)20-17(21)19-12-18(22,14-8-10-23-11-14)16-3-2-9-24-16/h2-11,22H,12H2,1H3,(H2,19,20,21). The molecule has 24 heavy (non-hydrogen) atoms. The van der Waals surface area contributed by atoms with Crippen LogP contribution in [0, 0.1) is 6.92 Å². The predicted octanol–water partition coefficient (Wildman–Crippen LogP) is 4.18. The van der Waals surface area contributed by atoms with Crippen molar-refractivity contribution in [3.63, 3.8) is 0 Å². The summed E-state index contributed by atoms with van der Waals surface area (Å²) in [5.41, 5.74) is 1.41. The molecule has 3 aromatic rings. The summed E-state index contributed by atoms with van der Waals surface area (Å²) >= 11 is 2.99. The smallest absolute Gasteiger partial charge is 0.319 e. The second-order valence-electron chi connectivity index (χ2n) is 5.52. The van der Waals surface area contributed by atoms with Gasteiger partial charge >= 0.3 is 6.03 Å². The van der Waals surface area contributed by atoms with Gasteiger partial charge in [0.2, 0.25) is 0 Å². The van der Waals surface area contributed by atoms with Crippen LogP contribution in [0.15, 0.2) is 58.6 Å². The number of rotatable bonds is 5. The number of benzene rings is 1. The molecule has 0 fully saturated rings. The van der Waals surface area contributed by atoms with Gasteiger partial charge in [0.1, 0.15) is 5.60 Å². The summed E-state index contributed by atoms with van der Waals surface area (Å²) in [5, 5.41) is 22.4. The number of nitrogens with one attached hydrogen (secondary N) is 2. The molecule has 124 valence electrons. The Hall–Kier alpha value is -2.15. The number of urea groups is 1. The van der Waals surface area contributed by atoms with E-state index in [1.165, 1.54) is 22.7 Å². The van der Waals surface area contributed by atoms with Crippen LogP contribution in [0.25, 0.3) is 0 Å². The van der Waals surface area contributed by atoms with Gasteiger partial charge in [-0.1, -0.05) is 23.8 Å². The van der Waals surface area contributed by atoms with E-state index in [-0.39, 0.29) is 12.6 Å². The summed E-state index contributed by atoms with van der Waals surface area (Å²) in [6.45, 7) is 2.09. The molecular formula is C18H18N2O2S2. The average Bonchev–Trinajstić information content (AvgIpc) is 3.28. The first-order valence-electron chi connectivity index (χ1n) is 7.48. The third kappa shape index (κ3) is 3.67. The SMILES string of the molecule is Cc1ccc(NC(=O)NCC(O)(c2ccsc2)c2cccs2)cc1. The van der Waals surface area contributed by atoms with Gasteiger partial charge < -0.3 is 15.7 Å². The molecule has 0 aliphatic rings. The molecule has 4 nitrogen and oxygen atoms in total. The van der Waals surface area contributed by atoms with Gasteiger partial charge in [-0.2, -0.15) is 11.3 Å². The summed E-state index contributed by atoms with van der Waals surface area (Å²) < 4.78 is 0. The second kappa shape index (κ2) is 7.17. The molecule has 2 amide bonds. The normalized spacial score (nSPS) is 13.2. The van der Waals surface area contributed by atoms with Gasteiger partial charge in [0.05, 0.1) is 6.54 Å². The molecule has 0 spiro atoms. The van der Waals surface area contributed by atoms with Crippen LogP contribution in [0.4, 0.5) is 10.5 Å². The van der Waals surface area contributed by atoms with Crippen molar-refractivity contribution in [2.75, 3.05) is 11.9 Å². The molecule has 6 heteroatoms. The lowest BCUT2D eigenvalue weighted by Gasteiger charge is -2.27. The summed E-state index contributed by atoms with van der Waals surface area (Å²) in [4.78, 5) is 13.0. The molecule has 3 N–H and O–H groups in total. The molecule has 2 aromatic heterocycles. The van der Waals surface area contributed by atoms with E-state index < -0.39 is 5.60 Å². The molecule has 1 aromatic carbocycles. The van der Waals surface area contributed by atoms with Crippen LogP contribution < -0.4 is 10.6 Å². The first-order valence-corrected chi connectivity index (χ1v) is 9.31. The molecule has 0 aliphatic heterocycles. The minimum atomic E-state index is -1.22. The molecule has 0 radical (unpaired) electrons. The lowest BCUT2D eigenvalue weighted by Crippen LogP contribution is -2.42. The molecule has 1 unspecified atom stereocenters. The van der Waals surface area contributed by atoms with Crippen LogP contribution >= 0.6 is 22.7 Å². The second-order valence-corrected chi connectivity index (χ2v) is 7.25. The number of aryl methyl sites for hydroxylation is 1. The Morgan fingerprint density at radius 3 is 2.58 bits per heavy atom. The average molecular weight is 358 g/mol. The zero-order chi connectivity index (χ0) is 17.0. The first kappa shape index (κ1) is 16.7. The number of hydrogen-bond donors (Lipinski definition) is 3. The Labute approximate surface area is 148 Å². The van der Waals surface area contributed by atoms with Crippen molar-refractivity contribution in [1.82, 2.24) is 5.32 Å². The van der Waals surface area contributed by atoms with Crippen LogP contribution in [-0.4, -0.2) is 17.7 Å². The highest BCUT2D eigenvalue weighted by atomic mass is 32.1. The maximum absolute atomic E-state index is 12.2. The fourth-order valence-electron chi connectivity index (χ4n) is 2.37. The van der Waals surface area contributed by atoms with E-state index in [0.29, 0.717) is 5.69 Å².